The lowest BCUT2D eigenvalue weighted by molar-refractivity contribution is 0.198. The van der Waals surface area contributed by atoms with E-state index in [2.05, 4.69) is 4.98 Å². The van der Waals surface area contributed by atoms with E-state index in [4.69, 9.17) is 0 Å². The van der Waals surface area contributed by atoms with Crippen LogP contribution in [0.3, 0.4) is 0 Å². The SMILES string of the molecule is O=S(=O)(c1ccc(N2CC[C@@H](O)C2)nc1)N1CCCC1. The third-order valence-electron chi connectivity index (χ3n) is 3.91. The van der Waals surface area contributed by atoms with Crippen molar-refractivity contribution >= 4 is 15.8 Å². The van der Waals surface area contributed by atoms with Crippen LogP contribution in [0.25, 0.3) is 0 Å². The second kappa shape index (κ2) is 5.31. The summed E-state index contributed by atoms with van der Waals surface area (Å²) in [6, 6.07) is 3.34. The van der Waals surface area contributed by atoms with Gasteiger partial charge in [-0.05, 0) is 31.4 Å². The molecule has 0 aromatic carbocycles. The summed E-state index contributed by atoms with van der Waals surface area (Å²) in [4.78, 5) is 6.46. The number of nitrogens with zero attached hydrogens (tertiary/aromatic N) is 3. The number of hydrogen-bond donors (Lipinski definition) is 1. The number of pyridine rings is 1. The molecule has 0 spiro atoms. The van der Waals surface area contributed by atoms with Crippen LogP contribution in [0.4, 0.5) is 5.82 Å². The van der Waals surface area contributed by atoms with Gasteiger partial charge in [0.25, 0.3) is 0 Å². The Morgan fingerprint density at radius 1 is 1.20 bits per heavy atom. The molecule has 0 bridgehead atoms. The summed E-state index contributed by atoms with van der Waals surface area (Å²) >= 11 is 0. The fourth-order valence-electron chi connectivity index (χ4n) is 2.74. The fraction of sp³-hybridized carbons (Fsp3) is 0.615. The fourth-order valence-corrected chi connectivity index (χ4v) is 4.20. The number of aliphatic hydroxyl groups is 1. The summed E-state index contributed by atoms with van der Waals surface area (Å²) in [5.41, 5.74) is 0. The highest BCUT2D eigenvalue weighted by Crippen LogP contribution is 2.23. The smallest absolute Gasteiger partial charge is 0.244 e. The minimum Gasteiger partial charge on any atom is -0.391 e. The zero-order valence-corrected chi connectivity index (χ0v) is 12.1. The van der Waals surface area contributed by atoms with Gasteiger partial charge in [0.1, 0.15) is 10.7 Å². The molecule has 7 heteroatoms. The van der Waals surface area contributed by atoms with Gasteiger partial charge in [-0.15, -0.1) is 0 Å². The summed E-state index contributed by atoms with van der Waals surface area (Å²) in [5.74, 6) is 0.724. The number of anilines is 1. The van der Waals surface area contributed by atoms with Gasteiger partial charge in [-0.25, -0.2) is 13.4 Å². The summed E-state index contributed by atoms with van der Waals surface area (Å²) in [7, 11) is -3.39. The van der Waals surface area contributed by atoms with E-state index in [-0.39, 0.29) is 11.0 Å². The van der Waals surface area contributed by atoms with E-state index in [1.807, 2.05) is 4.90 Å². The molecule has 110 valence electrons. The molecule has 2 saturated heterocycles. The molecule has 2 fully saturated rings. The number of rotatable bonds is 3. The maximum Gasteiger partial charge on any atom is 0.244 e. The van der Waals surface area contributed by atoms with Crippen LogP contribution in [-0.4, -0.2) is 55.1 Å². The molecule has 6 nitrogen and oxygen atoms in total. The highest BCUT2D eigenvalue weighted by atomic mass is 32.2. The molecule has 2 aliphatic heterocycles. The zero-order chi connectivity index (χ0) is 14.2. The first-order valence-corrected chi connectivity index (χ1v) is 8.40. The highest BCUT2D eigenvalue weighted by molar-refractivity contribution is 7.89. The molecule has 20 heavy (non-hydrogen) atoms. The van der Waals surface area contributed by atoms with E-state index in [0.29, 0.717) is 19.6 Å². The minimum atomic E-state index is -3.39. The van der Waals surface area contributed by atoms with Gasteiger partial charge in [0.05, 0.1) is 6.10 Å². The van der Waals surface area contributed by atoms with Crippen LogP contribution in [0.5, 0.6) is 0 Å². The zero-order valence-electron chi connectivity index (χ0n) is 11.3. The third-order valence-corrected chi connectivity index (χ3v) is 5.79. The molecule has 3 heterocycles. The second-order valence-corrected chi connectivity index (χ2v) is 7.29. The Morgan fingerprint density at radius 2 is 1.95 bits per heavy atom. The van der Waals surface area contributed by atoms with Gasteiger partial charge in [0.15, 0.2) is 0 Å². The van der Waals surface area contributed by atoms with Gasteiger partial charge in [-0.2, -0.15) is 4.31 Å². The lowest BCUT2D eigenvalue weighted by Crippen LogP contribution is -2.28. The van der Waals surface area contributed by atoms with Crippen molar-refractivity contribution in [2.75, 3.05) is 31.1 Å². The second-order valence-electron chi connectivity index (χ2n) is 5.35. The minimum absolute atomic E-state index is 0.253. The van der Waals surface area contributed by atoms with E-state index >= 15 is 0 Å². The van der Waals surface area contributed by atoms with Gasteiger partial charge in [-0.1, -0.05) is 0 Å². The maximum atomic E-state index is 12.4. The first kappa shape index (κ1) is 13.8. The van der Waals surface area contributed by atoms with Crippen molar-refractivity contribution in [2.45, 2.75) is 30.3 Å². The summed E-state index contributed by atoms with van der Waals surface area (Å²) in [6.45, 7) is 2.52. The summed E-state index contributed by atoms with van der Waals surface area (Å²) < 4.78 is 26.2. The van der Waals surface area contributed by atoms with Gasteiger partial charge in [0.2, 0.25) is 10.0 Å². The van der Waals surface area contributed by atoms with Gasteiger partial charge in [-0.3, -0.25) is 0 Å². The average molecular weight is 297 g/mol. The van der Waals surface area contributed by atoms with Crippen LogP contribution >= 0.6 is 0 Å². The van der Waals surface area contributed by atoms with Crippen molar-refractivity contribution in [1.29, 1.82) is 0 Å². The topological polar surface area (TPSA) is 73.7 Å². The number of sulfonamides is 1. The highest BCUT2D eigenvalue weighted by Gasteiger charge is 2.28. The van der Waals surface area contributed by atoms with Crippen LogP contribution < -0.4 is 4.90 Å². The van der Waals surface area contributed by atoms with Crippen LogP contribution in [0.15, 0.2) is 23.2 Å². The van der Waals surface area contributed by atoms with Gasteiger partial charge < -0.3 is 10.0 Å². The maximum absolute atomic E-state index is 12.4. The molecule has 0 saturated carbocycles. The lowest BCUT2D eigenvalue weighted by atomic mass is 10.3. The molecule has 1 aromatic heterocycles. The Morgan fingerprint density at radius 3 is 2.50 bits per heavy atom. The van der Waals surface area contributed by atoms with E-state index in [1.54, 1.807) is 12.1 Å². The molecular weight excluding hydrogens is 278 g/mol. The monoisotopic (exact) mass is 297 g/mol. The van der Waals surface area contributed by atoms with E-state index in [0.717, 1.165) is 31.6 Å². The quantitative estimate of drug-likeness (QED) is 0.876. The van der Waals surface area contributed by atoms with E-state index < -0.39 is 10.0 Å². The van der Waals surface area contributed by atoms with Gasteiger partial charge >= 0.3 is 0 Å². The van der Waals surface area contributed by atoms with Crippen molar-refractivity contribution in [3.8, 4) is 0 Å². The molecule has 1 N–H and O–H groups in total. The molecule has 3 rings (SSSR count). The first-order valence-electron chi connectivity index (χ1n) is 6.96. The number of aliphatic hydroxyl groups excluding tert-OH is 1. The molecule has 0 radical (unpaired) electrons. The predicted octanol–water partition coefficient (Wildman–Crippen LogP) is 0.437. The Hall–Kier alpha value is -1.18. The van der Waals surface area contributed by atoms with Crippen LogP contribution in [0, 0.1) is 0 Å². The normalized spacial score (nSPS) is 24.4. The van der Waals surface area contributed by atoms with Crippen molar-refractivity contribution in [3.63, 3.8) is 0 Å². The Kier molecular flexibility index (Phi) is 3.66. The molecule has 1 atom stereocenters. The van der Waals surface area contributed by atoms with E-state index in [9.17, 15) is 13.5 Å². The van der Waals surface area contributed by atoms with Crippen molar-refractivity contribution in [1.82, 2.24) is 9.29 Å². The molecule has 1 aromatic rings. The summed E-state index contributed by atoms with van der Waals surface area (Å²) in [5, 5.41) is 9.52. The largest absolute Gasteiger partial charge is 0.391 e. The summed E-state index contributed by atoms with van der Waals surface area (Å²) in [6.07, 6.45) is 3.69. The standard InChI is InChI=1S/C13H19N3O3S/c17-11-5-8-15(10-11)13-4-3-12(9-14-13)20(18,19)16-6-1-2-7-16/h3-4,9,11,17H,1-2,5-8,10H2/t11-/m1/s1. The Bertz CT molecular complexity index is 567. The van der Waals surface area contributed by atoms with Crippen LogP contribution in [0.1, 0.15) is 19.3 Å². The predicted molar refractivity (Wildman–Crippen MR) is 75.1 cm³/mol. The lowest BCUT2D eigenvalue weighted by Gasteiger charge is -2.18. The molecule has 0 amide bonds. The van der Waals surface area contributed by atoms with E-state index in [1.165, 1.54) is 10.5 Å². The first-order chi connectivity index (χ1) is 9.57. The van der Waals surface area contributed by atoms with Crippen LogP contribution in [-0.2, 0) is 10.0 Å². The third kappa shape index (κ3) is 2.53. The van der Waals surface area contributed by atoms with Gasteiger partial charge in [0, 0.05) is 32.4 Å². The Labute approximate surface area is 119 Å². The molecule has 2 aliphatic rings. The molecule has 0 unspecified atom stereocenters. The van der Waals surface area contributed by atoms with Crippen LogP contribution in [0.2, 0.25) is 0 Å². The number of aromatic nitrogens is 1. The number of hydrogen-bond acceptors (Lipinski definition) is 5. The van der Waals surface area contributed by atoms with Crippen molar-refractivity contribution in [2.24, 2.45) is 0 Å². The van der Waals surface area contributed by atoms with Crippen molar-refractivity contribution in [3.05, 3.63) is 18.3 Å². The Balaban J connectivity index is 1.79. The average Bonchev–Trinajstić information content (AvgIpc) is 3.10. The van der Waals surface area contributed by atoms with Crippen molar-refractivity contribution < 1.29 is 13.5 Å². The molecular formula is C13H19N3O3S. The number of β-amino-alcohol motifs (C(OH)–C–C–N with tert-alkyl or cyclic N) is 1. The molecule has 0 aliphatic carbocycles.